The summed E-state index contributed by atoms with van der Waals surface area (Å²) in [6, 6.07) is 0.481. The highest BCUT2D eigenvalue weighted by molar-refractivity contribution is 5.80. The van der Waals surface area contributed by atoms with Gasteiger partial charge in [-0.15, -0.1) is 0 Å². The summed E-state index contributed by atoms with van der Waals surface area (Å²) >= 11 is 0. The van der Waals surface area contributed by atoms with Gasteiger partial charge >= 0.3 is 0 Å². The van der Waals surface area contributed by atoms with Gasteiger partial charge in [0.05, 0.1) is 5.84 Å². The summed E-state index contributed by atoms with van der Waals surface area (Å²) in [4.78, 5) is 2.09. The van der Waals surface area contributed by atoms with Crippen LogP contribution in [0, 0.1) is 17.2 Å². The maximum absolute atomic E-state index is 7.85. The fourth-order valence-electron chi connectivity index (χ4n) is 1.49. The Kier molecular flexibility index (Phi) is 5.04. The average Bonchev–Trinajstić information content (AvgIpc) is 2.00. The van der Waals surface area contributed by atoms with E-state index in [2.05, 4.69) is 39.5 Å². The molecule has 0 saturated carbocycles. The van der Waals surface area contributed by atoms with E-state index in [-0.39, 0.29) is 0 Å². The van der Waals surface area contributed by atoms with Gasteiger partial charge in [0.1, 0.15) is 0 Å². The number of nitrogens with one attached hydrogen (secondary N) is 1. The molecule has 0 aliphatic carbocycles. The first-order valence-corrected chi connectivity index (χ1v) is 5.17. The fraction of sp³-hybridized carbons (Fsp3) is 0.909. The molecule has 2 nitrogen and oxygen atoms in total. The number of amidine groups is 1. The van der Waals surface area contributed by atoms with E-state index in [1.54, 1.807) is 0 Å². The van der Waals surface area contributed by atoms with Crippen molar-refractivity contribution in [2.24, 2.45) is 11.8 Å². The molecule has 0 heterocycles. The van der Waals surface area contributed by atoms with Crippen molar-refractivity contribution < 1.29 is 0 Å². The summed E-state index contributed by atoms with van der Waals surface area (Å²) in [7, 11) is 2.02. The van der Waals surface area contributed by atoms with Gasteiger partial charge in [-0.05, 0) is 19.3 Å². The van der Waals surface area contributed by atoms with Gasteiger partial charge in [-0.1, -0.05) is 27.7 Å². The number of nitrogens with zero attached hydrogens (tertiary/aromatic N) is 1. The lowest BCUT2D eigenvalue weighted by Gasteiger charge is -2.30. The molecular formula is C11H24N2. The summed E-state index contributed by atoms with van der Waals surface area (Å²) < 4.78 is 0. The van der Waals surface area contributed by atoms with Gasteiger partial charge in [-0.25, -0.2) is 0 Å². The van der Waals surface area contributed by atoms with Crippen LogP contribution in [0.5, 0.6) is 0 Å². The molecular weight excluding hydrogens is 160 g/mol. The van der Waals surface area contributed by atoms with E-state index in [1.807, 2.05) is 7.05 Å². The Morgan fingerprint density at radius 1 is 1.15 bits per heavy atom. The summed E-state index contributed by atoms with van der Waals surface area (Å²) in [6.45, 7) is 10.8. The predicted molar refractivity (Wildman–Crippen MR) is 59.2 cm³/mol. The van der Waals surface area contributed by atoms with Crippen LogP contribution in [0.4, 0.5) is 0 Å². The molecule has 2 heteroatoms. The van der Waals surface area contributed by atoms with E-state index in [9.17, 15) is 0 Å². The maximum atomic E-state index is 7.85. The highest BCUT2D eigenvalue weighted by Crippen LogP contribution is 2.12. The smallest absolute Gasteiger partial charge is 0.0983 e. The summed E-state index contributed by atoms with van der Waals surface area (Å²) in [5, 5.41) is 7.85. The SMILES string of the molecule is CC(C)CC(C)N(C)C(=N)C(C)C. The molecule has 78 valence electrons. The third-order valence-corrected chi connectivity index (χ3v) is 2.40. The minimum absolute atomic E-state index is 0.333. The van der Waals surface area contributed by atoms with Gasteiger partial charge < -0.3 is 4.90 Å². The number of rotatable bonds is 4. The van der Waals surface area contributed by atoms with Crippen molar-refractivity contribution in [2.75, 3.05) is 7.05 Å². The molecule has 0 spiro atoms. The van der Waals surface area contributed by atoms with Crippen LogP contribution in [0.3, 0.4) is 0 Å². The molecule has 0 rings (SSSR count). The molecule has 13 heavy (non-hydrogen) atoms. The van der Waals surface area contributed by atoms with Crippen molar-refractivity contribution in [3.8, 4) is 0 Å². The minimum atomic E-state index is 0.333. The van der Waals surface area contributed by atoms with Crippen LogP contribution >= 0.6 is 0 Å². The van der Waals surface area contributed by atoms with Crippen molar-refractivity contribution in [1.29, 1.82) is 5.41 Å². The molecule has 0 saturated heterocycles. The summed E-state index contributed by atoms with van der Waals surface area (Å²) in [6.07, 6.45) is 1.16. The molecule has 0 amide bonds. The van der Waals surface area contributed by atoms with Gasteiger partial charge in [0.15, 0.2) is 0 Å². The molecule has 1 N–H and O–H groups in total. The van der Waals surface area contributed by atoms with E-state index in [0.29, 0.717) is 17.9 Å². The highest BCUT2D eigenvalue weighted by Gasteiger charge is 2.15. The van der Waals surface area contributed by atoms with Crippen molar-refractivity contribution in [3.05, 3.63) is 0 Å². The van der Waals surface area contributed by atoms with Crippen LogP contribution in [0.1, 0.15) is 41.0 Å². The van der Waals surface area contributed by atoms with Crippen molar-refractivity contribution in [3.63, 3.8) is 0 Å². The number of hydrogen-bond donors (Lipinski definition) is 1. The second-order valence-corrected chi connectivity index (χ2v) is 4.63. The van der Waals surface area contributed by atoms with Crippen LogP contribution in [0.2, 0.25) is 0 Å². The molecule has 0 aromatic carbocycles. The Morgan fingerprint density at radius 3 is 1.92 bits per heavy atom. The van der Waals surface area contributed by atoms with Crippen LogP contribution in [0.25, 0.3) is 0 Å². The average molecular weight is 184 g/mol. The second kappa shape index (κ2) is 5.25. The van der Waals surface area contributed by atoms with E-state index >= 15 is 0 Å². The normalized spacial score (nSPS) is 13.5. The van der Waals surface area contributed by atoms with Crippen LogP contribution in [0.15, 0.2) is 0 Å². The van der Waals surface area contributed by atoms with Gasteiger partial charge in [-0.3, -0.25) is 5.41 Å². The summed E-state index contributed by atoms with van der Waals surface area (Å²) in [5.41, 5.74) is 0. The Morgan fingerprint density at radius 2 is 1.62 bits per heavy atom. The van der Waals surface area contributed by atoms with Crippen molar-refractivity contribution in [1.82, 2.24) is 4.90 Å². The molecule has 0 fully saturated rings. The fourth-order valence-corrected chi connectivity index (χ4v) is 1.49. The van der Waals surface area contributed by atoms with Crippen LogP contribution in [-0.4, -0.2) is 23.8 Å². The Labute approximate surface area is 82.8 Å². The lowest BCUT2D eigenvalue weighted by atomic mass is 10.0. The van der Waals surface area contributed by atoms with Gasteiger partial charge in [-0.2, -0.15) is 0 Å². The Hall–Kier alpha value is -0.530. The molecule has 1 atom stereocenters. The largest absolute Gasteiger partial charge is 0.361 e. The molecule has 0 bridgehead atoms. The van der Waals surface area contributed by atoms with Crippen molar-refractivity contribution >= 4 is 5.84 Å². The zero-order valence-corrected chi connectivity index (χ0v) is 9.89. The van der Waals surface area contributed by atoms with E-state index < -0.39 is 0 Å². The zero-order chi connectivity index (χ0) is 10.6. The monoisotopic (exact) mass is 184 g/mol. The minimum Gasteiger partial charge on any atom is -0.361 e. The van der Waals surface area contributed by atoms with Gasteiger partial charge in [0.2, 0.25) is 0 Å². The molecule has 0 aromatic heterocycles. The van der Waals surface area contributed by atoms with Crippen LogP contribution < -0.4 is 0 Å². The van der Waals surface area contributed by atoms with E-state index in [1.165, 1.54) is 0 Å². The Balaban J connectivity index is 4.09. The summed E-state index contributed by atoms with van der Waals surface area (Å²) in [5.74, 6) is 1.78. The first-order chi connectivity index (χ1) is 5.86. The molecule has 0 aliphatic rings. The lowest BCUT2D eigenvalue weighted by Crippen LogP contribution is -2.37. The molecule has 1 unspecified atom stereocenters. The third-order valence-electron chi connectivity index (χ3n) is 2.40. The van der Waals surface area contributed by atoms with Crippen LogP contribution in [-0.2, 0) is 0 Å². The molecule has 0 aliphatic heterocycles. The topological polar surface area (TPSA) is 27.1 Å². The van der Waals surface area contributed by atoms with Crippen molar-refractivity contribution in [2.45, 2.75) is 47.1 Å². The zero-order valence-electron chi connectivity index (χ0n) is 9.89. The van der Waals surface area contributed by atoms with Gasteiger partial charge in [0.25, 0.3) is 0 Å². The maximum Gasteiger partial charge on any atom is 0.0983 e. The second-order valence-electron chi connectivity index (χ2n) is 4.63. The lowest BCUT2D eigenvalue weighted by molar-refractivity contribution is 0.320. The molecule has 0 radical (unpaired) electrons. The first kappa shape index (κ1) is 12.5. The molecule has 0 aromatic rings. The first-order valence-electron chi connectivity index (χ1n) is 5.17. The van der Waals surface area contributed by atoms with Gasteiger partial charge in [0, 0.05) is 19.0 Å². The Bertz CT molecular complexity index is 161. The quantitative estimate of drug-likeness (QED) is 0.528. The predicted octanol–water partition coefficient (Wildman–Crippen LogP) is 2.99. The number of hydrogen-bond acceptors (Lipinski definition) is 1. The standard InChI is InChI=1S/C11H24N2/c1-8(2)7-10(5)13(6)11(12)9(3)4/h8-10,12H,7H2,1-6H3. The van der Waals surface area contributed by atoms with E-state index in [0.717, 1.165) is 12.3 Å². The third kappa shape index (κ3) is 4.30. The van der Waals surface area contributed by atoms with E-state index in [4.69, 9.17) is 5.41 Å². The highest BCUT2D eigenvalue weighted by atomic mass is 15.2.